The minimum absolute atomic E-state index is 0.105. The number of sulfonamides is 2. The summed E-state index contributed by atoms with van der Waals surface area (Å²) in [6.07, 6.45) is 4.82. The van der Waals surface area contributed by atoms with Crippen LogP contribution in [0.15, 0.2) is 64.4 Å². The van der Waals surface area contributed by atoms with E-state index in [2.05, 4.69) is 9.44 Å². The van der Waals surface area contributed by atoms with Gasteiger partial charge in [0.2, 0.25) is 10.0 Å². The summed E-state index contributed by atoms with van der Waals surface area (Å²) in [6.45, 7) is 1.95. The van der Waals surface area contributed by atoms with Crippen molar-refractivity contribution in [3.8, 4) is 0 Å². The number of benzene rings is 2. The predicted octanol–water partition coefficient (Wildman–Crippen LogP) is 3.59. The lowest BCUT2D eigenvalue weighted by molar-refractivity contribution is 0.280. The van der Waals surface area contributed by atoms with Crippen molar-refractivity contribution in [3.63, 3.8) is 0 Å². The molecule has 2 aliphatic carbocycles. The first kappa shape index (κ1) is 20.4. The minimum atomic E-state index is -3.71. The summed E-state index contributed by atoms with van der Waals surface area (Å²) >= 11 is 0. The fraction of sp³-hybridized carbons (Fsp3) is 0.429. The van der Waals surface area contributed by atoms with Gasteiger partial charge in [0.15, 0.2) is 0 Å². The van der Waals surface area contributed by atoms with Crippen molar-refractivity contribution in [1.29, 1.82) is 0 Å². The van der Waals surface area contributed by atoms with Gasteiger partial charge in [0.25, 0.3) is 10.0 Å². The van der Waals surface area contributed by atoms with Crippen LogP contribution < -0.4 is 9.44 Å². The van der Waals surface area contributed by atoms with Crippen LogP contribution in [0.1, 0.15) is 32.6 Å². The van der Waals surface area contributed by atoms with Crippen LogP contribution in [0.25, 0.3) is 0 Å². The summed E-state index contributed by atoms with van der Waals surface area (Å²) in [5.74, 6) is 1.79. The van der Waals surface area contributed by atoms with E-state index in [1.165, 1.54) is 55.7 Å². The van der Waals surface area contributed by atoms with Crippen LogP contribution in [0.4, 0.5) is 5.69 Å². The molecule has 2 aliphatic rings. The molecule has 0 spiro atoms. The Morgan fingerprint density at radius 3 is 2.07 bits per heavy atom. The summed E-state index contributed by atoms with van der Waals surface area (Å²) in [5.41, 5.74) is 0.314. The monoisotopic (exact) mass is 434 g/mol. The van der Waals surface area contributed by atoms with Crippen LogP contribution in [0, 0.1) is 17.8 Å². The third kappa shape index (κ3) is 4.34. The predicted molar refractivity (Wildman–Crippen MR) is 112 cm³/mol. The van der Waals surface area contributed by atoms with Crippen molar-refractivity contribution in [2.24, 2.45) is 17.8 Å². The molecular formula is C21H26N2O4S2. The Morgan fingerprint density at radius 1 is 0.828 bits per heavy atom. The number of anilines is 1. The van der Waals surface area contributed by atoms with Crippen LogP contribution in [0.3, 0.4) is 0 Å². The maximum absolute atomic E-state index is 12.8. The molecule has 4 rings (SSSR count). The lowest BCUT2D eigenvalue weighted by atomic mass is 9.84. The van der Waals surface area contributed by atoms with Gasteiger partial charge in [-0.3, -0.25) is 4.72 Å². The molecular weight excluding hydrogens is 408 g/mol. The lowest BCUT2D eigenvalue weighted by Crippen LogP contribution is -2.40. The Labute approximate surface area is 172 Å². The number of fused-ring (bicyclic) bond motifs is 2. The second kappa shape index (κ2) is 7.74. The third-order valence-electron chi connectivity index (χ3n) is 6.25. The molecule has 0 heterocycles. The van der Waals surface area contributed by atoms with E-state index in [1.54, 1.807) is 18.2 Å². The molecule has 0 aliphatic heterocycles. The molecule has 2 fully saturated rings. The van der Waals surface area contributed by atoms with Gasteiger partial charge in [0, 0.05) is 11.7 Å². The normalized spacial score (nSPS) is 25.1. The molecule has 2 aromatic rings. The van der Waals surface area contributed by atoms with E-state index in [4.69, 9.17) is 0 Å². The van der Waals surface area contributed by atoms with E-state index in [0.29, 0.717) is 17.5 Å². The van der Waals surface area contributed by atoms with Gasteiger partial charge in [0.05, 0.1) is 9.79 Å². The largest absolute Gasteiger partial charge is 0.280 e. The summed E-state index contributed by atoms with van der Waals surface area (Å²) < 4.78 is 55.6. The van der Waals surface area contributed by atoms with Crippen LogP contribution >= 0.6 is 0 Å². The summed E-state index contributed by atoms with van der Waals surface area (Å²) in [5, 5.41) is 0. The van der Waals surface area contributed by atoms with Gasteiger partial charge in [0.1, 0.15) is 0 Å². The standard InChI is InChI=1S/C21H26N2O4S2/c1-15(21-14-16-7-8-17(21)13-16)22-28(24,25)20-11-9-18(10-12-20)23-29(26,27)19-5-3-2-4-6-19/h2-6,9-12,15-17,21-23H,7-8,13-14H2,1H3/t15-,16+,17+,21-/m1/s1. The fourth-order valence-electron chi connectivity index (χ4n) is 4.82. The first-order valence-electron chi connectivity index (χ1n) is 9.95. The van der Waals surface area contributed by atoms with Gasteiger partial charge in [-0.05, 0) is 80.3 Å². The Kier molecular flexibility index (Phi) is 5.44. The van der Waals surface area contributed by atoms with Crippen LogP contribution in [-0.4, -0.2) is 22.9 Å². The maximum Gasteiger partial charge on any atom is 0.261 e. The van der Waals surface area contributed by atoms with Gasteiger partial charge in [-0.1, -0.05) is 24.6 Å². The quantitative estimate of drug-likeness (QED) is 0.697. The lowest BCUT2D eigenvalue weighted by Gasteiger charge is -2.28. The van der Waals surface area contributed by atoms with Crippen molar-refractivity contribution < 1.29 is 16.8 Å². The average molecular weight is 435 g/mol. The summed E-state index contributed by atoms with van der Waals surface area (Å²) in [6, 6.07) is 13.7. The van der Waals surface area contributed by atoms with E-state index < -0.39 is 20.0 Å². The molecule has 4 atom stereocenters. The topological polar surface area (TPSA) is 92.3 Å². The van der Waals surface area contributed by atoms with Gasteiger partial charge in [-0.15, -0.1) is 0 Å². The highest BCUT2D eigenvalue weighted by atomic mass is 32.2. The molecule has 0 radical (unpaired) electrons. The maximum atomic E-state index is 12.8. The van der Waals surface area contributed by atoms with E-state index in [9.17, 15) is 16.8 Å². The van der Waals surface area contributed by atoms with Crippen LogP contribution in [0.5, 0.6) is 0 Å². The SMILES string of the molecule is C[C@@H](NS(=O)(=O)c1ccc(NS(=O)(=O)c2ccccc2)cc1)[C@H]1C[C@H]2CC[C@H]1C2. The molecule has 0 saturated heterocycles. The Morgan fingerprint density at radius 2 is 1.48 bits per heavy atom. The number of hydrogen-bond donors (Lipinski definition) is 2. The van der Waals surface area contributed by atoms with E-state index in [0.717, 1.165) is 12.3 Å². The van der Waals surface area contributed by atoms with E-state index in [-0.39, 0.29) is 15.8 Å². The molecule has 6 nitrogen and oxygen atoms in total. The third-order valence-corrected chi connectivity index (χ3v) is 9.22. The number of nitrogens with one attached hydrogen (secondary N) is 2. The van der Waals surface area contributed by atoms with Crippen molar-refractivity contribution in [2.45, 2.75) is 48.4 Å². The summed E-state index contributed by atoms with van der Waals surface area (Å²) in [7, 11) is -7.37. The van der Waals surface area contributed by atoms with Crippen LogP contribution in [-0.2, 0) is 20.0 Å². The molecule has 0 unspecified atom stereocenters. The van der Waals surface area contributed by atoms with Gasteiger partial charge in [-0.2, -0.15) is 0 Å². The Hall–Kier alpha value is -1.90. The molecule has 2 saturated carbocycles. The fourth-order valence-corrected chi connectivity index (χ4v) is 7.20. The second-order valence-corrected chi connectivity index (χ2v) is 11.6. The molecule has 156 valence electrons. The first-order chi connectivity index (χ1) is 13.7. The molecule has 8 heteroatoms. The van der Waals surface area contributed by atoms with Gasteiger partial charge >= 0.3 is 0 Å². The number of hydrogen-bond acceptors (Lipinski definition) is 4. The minimum Gasteiger partial charge on any atom is -0.280 e. The molecule has 29 heavy (non-hydrogen) atoms. The van der Waals surface area contributed by atoms with Crippen molar-refractivity contribution in [2.75, 3.05) is 4.72 Å². The highest BCUT2D eigenvalue weighted by molar-refractivity contribution is 7.92. The van der Waals surface area contributed by atoms with Gasteiger partial charge in [-0.25, -0.2) is 21.6 Å². The molecule has 0 amide bonds. The average Bonchev–Trinajstić information content (AvgIpc) is 3.32. The first-order valence-corrected chi connectivity index (χ1v) is 12.9. The van der Waals surface area contributed by atoms with Crippen LogP contribution in [0.2, 0.25) is 0 Å². The molecule has 0 aromatic heterocycles. The highest BCUT2D eigenvalue weighted by Crippen LogP contribution is 2.49. The smallest absolute Gasteiger partial charge is 0.261 e. The Balaban J connectivity index is 1.44. The zero-order chi connectivity index (χ0) is 20.6. The van der Waals surface area contributed by atoms with Crippen molar-refractivity contribution in [1.82, 2.24) is 4.72 Å². The zero-order valence-electron chi connectivity index (χ0n) is 16.3. The number of rotatable bonds is 7. The Bertz CT molecular complexity index is 1070. The molecule has 2 aromatic carbocycles. The molecule has 2 N–H and O–H groups in total. The van der Waals surface area contributed by atoms with Crippen molar-refractivity contribution in [3.05, 3.63) is 54.6 Å². The molecule has 2 bridgehead atoms. The highest BCUT2D eigenvalue weighted by Gasteiger charge is 2.42. The van der Waals surface area contributed by atoms with E-state index >= 15 is 0 Å². The zero-order valence-corrected chi connectivity index (χ0v) is 17.9. The second-order valence-electron chi connectivity index (χ2n) is 8.19. The van der Waals surface area contributed by atoms with E-state index in [1.807, 2.05) is 6.92 Å². The van der Waals surface area contributed by atoms with Gasteiger partial charge < -0.3 is 0 Å². The summed E-state index contributed by atoms with van der Waals surface area (Å²) in [4.78, 5) is 0.285. The van der Waals surface area contributed by atoms with Crippen molar-refractivity contribution >= 4 is 25.7 Å².